The van der Waals surface area contributed by atoms with Crippen LogP contribution in [-0.2, 0) is 7.05 Å². The first-order valence-electron chi connectivity index (χ1n) is 4.85. The fourth-order valence-corrected chi connectivity index (χ4v) is 1.95. The van der Waals surface area contributed by atoms with Gasteiger partial charge in [0.2, 0.25) is 0 Å². The van der Waals surface area contributed by atoms with E-state index in [0.29, 0.717) is 5.56 Å². The summed E-state index contributed by atoms with van der Waals surface area (Å²) in [6, 6.07) is 7.71. The number of para-hydroxylation sites is 1. The fraction of sp³-hybridized carbons (Fsp3) is 0.250. The molecule has 0 aliphatic carbocycles. The van der Waals surface area contributed by atoms with E-state index in [2.05, 4.69) is 0 Å². The van der Waals surface area contributed by atoms with Gasteiger partial charge < -0.3 is 9.67 Å². The Kier molecular flexibility index (Phi) is 2.32. The highest BCUT2D eigenvalue weighted by Crippen LogP contribution is 2.24. The van der Waals surface area contributed by atoms with E-state index in [9.17, 15) is 4.79 Å². The van der Waals surface area contributed by atoms with Crippen molar-refractivity contribution >= 4 is 16.7 Å². The molecular weight excluding hydrogens is 190 g/mol. The predicted octanol–water partition coefficient (Wildman–Crippen LogP) is 1.66. The smallest absolute Gasteiger partial charge is 0.190 e. The third kappa shape index (κ3) is 1.36. The van der Waals surface area contributed by atoms with Crippen molar-refractivity contribution in [2.24, 2.45) is 7.05 Å². The molecule has 0 atom stereocenters. The van der Waals surface area contributed by atoms with Gasteiger partial charge in [0, 0.05) is 29.2 Å². The first-order valence-corrected chi connectivity index (χ1v) is 4.85. The monoisotopic (exact) mass is 203 g/mol. The minimum absolute atomic E-state index is 0.218. The maximum atomic E-state index is 11.6. The molecule has 0 saturated heterocycles. The maximum absolute atomic E-state index is 11.6. The molecule has 15 heavy (non-hydrogen) atoms. The standard InChI is InChI=1S/C12H13NO2/c1-8-12(11(15)7-14)9-5-3-4-6-10(9)13(8)2/h3-6,14H,7H2,1-2H3. The van der Waals surface area contributed by atoms with Crippen LogP contribution < -0.4 is 0 Å². The molecule has 1 aromatic heterocycles. The van der Waals surface area contributed by atoms with Crippen molar-refractivity contribution in [1.82, 2.24) is 4.57 Å². The Morgan fingerprint density at radius 1 is 1.40 bits per heavy atom. The van der Waals surface area contributed by atoms with E-state index in [-0.39, 0.29) is 5.78 Å². The lowest BCUT2D eigenvalue weighted by Gasteiger charge is -1.98. The van der Waals surface area contributed by atoms with Gasteiger partial charge in [-0.05, 0) is 13.0 Å². The number of aliphatic hydroxyl groups is 1. The summed E-state index contributed by atoms with van der Waals surface area (Å²) < 4.78 is 1.97. The molecule has 2 rings (SSSR count). The lowest BCUT2D eigenvalue weighted by atomic mass is 10.1. The largest absolute Gasteiger partial charge is 0.388 e. The fourth-order valence-electron chi connectivity index (χ4n) is 1.95. The van der Waals surface area contributed by atoms with E-state index in [1.165, 1.54) is 0 Å². The number of nitrogens with zero attached hydrogens (tertiary/aromatic N) is 1. The van der Waals surface area contributed by atoms with Crippen LogP contribution >= 0.6 is 0 Å². The number of rotatable bonds is 2. The van der Waals surface area contributed by atoms with Gasteiger partial charge in [0.15, 0.2) is 5.78 Å². The maximum Gasteiger partial charge on any atom is 0.190 e. The zero-order chi connectivity index (χ0) is 11.0. The van der Waals surface area contributed by atoms with Crippen LogP contribution in [0.15, 0.2) is 24.3 Å². The molecule has 3 nitrogen and oxygen atoms in total. The molecule has 0 bridgehead atoms. The van der Waals surface area contributed by atoms with Gasteiger partial charge >= 0.3 is 0 Å². The second kappa shape index (κ2) is 3.51. The molecule has 1 aromatic carbocycles. The number of aliphatic hydroxyl groups excluding tert-OH is 1. The Bertz CT molecular complexity index is 526. The Balaban J connectivity index is 2.83. The number of aromatic nitrogens is 1. The summed E-state index contributed by atoms with van der Waals surface area (Å²) in [5, 5.41) is 9.84. The number of fused-ring (bicyclic) bond motifs is 1. The van der Waals surface area contributed by atoms with Crippen LogP contribution in [0.5, 0.6) is 0 Å². The Hall–Kier alpha value is -1.61. The number of carbonyl (C=O) groups excluding carboxylic acids is 1. The minimum atomic E-state index is -0.436. The van der Waals surface area contributed by atoms with Crippen LogP contribution in [0.1, 0.15) is 16.1 Å². The van der Waals surface area contributed by atoms with Gasteiger partial charge in [-0.1, -0.05) is 18.2 Å². The van der Waals surface area contributed by atoms with Gasteiger partial charge in [0.05, 0.1) is 0 Å². The zero-order valence-corrected chi connectivity index (χ0v) is 8.82. The van der Waals surface area contributed by atoms with Crippen LogP contribution in [-0.4, -0.2) is 22.1 Å². The van der Waals surface area contributed by atoms with E-state index in [0.717, 1.165) is 16.6 Å². The molecule has 0 fully saturated rings. The molecule has 2 aromatic rings. The number of ketones is 1. The Morgan fingerprint density at radius 3 is 2.73 bits per heavy atom. The Morgan fingerprint density at radius 2 is 2.07 bits per heavy atom. The summed E-state index contributed by atoms with van der Waals surface area (Å²) >= 11 is 0. The van der Waals surface area contributed by atoms with Crippen molar-refractivity contribution < 1.29 is 9.90 Å². The molecule has 0 aliphatic rings. The van der Waals surface area contributed by atoms with Crippen molar-refractivity contribution in [3.8, 4) is 0 Å². The van der Waals surface area contributed by atoms with Gasteiger partial charge in [-0.25, -0.2) is 0 Å². The van der Waals surface area contributed by atoms with Crippen LogP contribution in [0.4, 0.5) is 0 Å². The third-order valence-corrected chi connectivity index (χ3v) is 2.82. The average Bonchev–Trinajstić information content (AvgIpc) is 2.52. The zero-order valence-electron chi connectivity index (χ0n) is 8.82. The van der Waals surface area contributed by atoms with Crippen molar-refractivity contribution in [1.29, 1.82) is 0 Å². The second-order valence-corrected chi connectivity index (χ2v) is 3.62. The van der Waals surface area contributed by atoms with E-state index < -0.39 is 6.61 Å². The van der Waals surface area contributed by atoms with E-state index >= 15 is 0 Å². The highest BCUT2D eigenvalue weighted by atomic mass is 16.3. The van der Waals surface area contributed by atoms with E-state index in [1.54, 1.807) is 0 Å². The summed E-state index contributed by atoms with van der Waals surface area (Å²) in [6.07, 6.45) is 0. The topological polar surface area (TPSA) is 42.2 Å². The summed E-state index contributed by atoms with van der Waals surface area (Å²) in [4.78, 5) is 11.6. The van der Waals surface area contributed by atoms with Gasteiger partial charge in [0.25, 0.3) is 0 Å². The molecule has 0 spiro atoms. The molecule has 0 radical (unpaired) electrons. The van der Waals surface area contributed by atoms with Gasteiger partial charge in [-0.2, -0.15) is 0 Å². The van der Waals surface area contributed by atoms with Crippen molar-refractivity contribution in [3.63, 3.8) is 0 Å². The highest BCUT2D eigenvalue weighted by Gasteiger charge is 2.16. The van der Waals surface area contributed by atoms with Crippen LogP contribution in [0.2, 0.25) is 0 Å². The molecule has 0 aliphatic heterocycles. The first kappa shape index (κ1) is 9.93. The summed E-state index contributed by atoms with van der Waals surface area (Å²) in [5.74, 6) is -0.218. The summed E-state index contributed by atoms with van der Waals surface area (Å²) in [5.41, 5.74) is 2.55. The van der Waals surface area contributed by atoms with Crippen molar-refractivity contribution in [2.45, 2.75) is 6.92 Å². The van der Waals surface area contributed by atoms with Crippen LogP contribution in [0.3, 0.4) is 0 Å². The van der Waals surface area contributed by atoms with Crippen molar-refractivity contribution in [3.05, 3.63) is 35.5 Å². The molecular formula is C12H13NO2. The average molecular weight is 203 g/mol. The molecule has 3 heteroatoms. The van der Waals surface area contributed by atoms with E-state index in [1.807, 2.05) is 42.8 Å². The lowest BCUT2D eigenvalue weighted by Crippen LogP contribution is -2.06. The molecule has 1 N–H and O–H groups in total. The number of benzene rings is 1. The SMILES string of the molecule is Cc1c(C(=O)CO)c2ccccc2n1C. The van der Waals surface area contributed by atoms with Crippen molar-refractivity contribution in [2.75, 3.05) is 6.61 Å². The Labute approximate surface area is 87.9 Å². The molecule has 1 heterocycles. The first-order chi connectivity index (χ1) is 7.16. The van der Waals surface area contributed by atoms with Crippen LogP contribution in [0.25, 0.3) is 10.9 Å². The summed E-state index contributed by atoms with van der Waals surface area (Å²) in [6.45, 7) is 1.46. The van der Waals surface area contributed by atoms with Gasteiger partial charge in [-0.3, -0.25) is 4.79 Å². The van der Waals surface area contributed by atoms with E-state index in [4.69, 9.17) is 5.11 Å². The highest BCUT2D eigenvalue weighted by molar-refractivity contribution is 6.09. The number of carbonyl (C=O) groups is 1. The molecule has 0 unspecified atom stereocenters. The van der Waals surface area contributed by atoms with Crippen LogP contribution in [0, 0.1) is 6.92 Å². The van der Waals surface area contributed by atoms with Gasteiger partial charge in [0.1, 0.15) is 6.61 Å². The predicted molar refractivity (Wildman–Crippen MR) is 59.1 cm³/mol. The number of hydrogen-bond acceptors (Lipinski definition) is 2. The number of aryl methyl sites for hydroxylation is 1. The summed E-state index contributed by atoms with van der Waals surface area (Å²) in [7, 11) is 1.92. The lowest BCUT2D eigenvalue weighted by molar-refractivity contribution is 0.0904. The molecule has 0 saturated carbocycles. The third-order valence-electron chi connectivity index (χ3n) is 2.82. The second-order valence-electron chi connectivity index (χ2n) is 3.62. The van der Waals surface area contributed by atoms with Gasteiger partial charge in [-0.15, -0.1) is 0 Å². The number of hydrogen-bond donors (Lipinski definition) is 1. The normalized spacial score (nSPS) is 10.9. The molecule has 78 valence electrons. The quantitative estimate of drug-likeness (QED) is 0.754. The minimum Gasteiger partial charge on any atom is -0.388 e. The number of Topliss-reactive ketones (excluding diaryl/α,β-unsaturated/α-hetero) is 1. The molecule has 0 amide bonds.